The first kappa shape index (κ1) is 21.3. The van der Waals surface area contributed by atoms with E-state index in [1.165, 1.54) is 11.1 Å². The van der Waals surface area contributed by atoms with Crippen molar-refractivity contribution in [3.05, 3.63) is 83.4 Å². The molecule has 0 aromatic heterocycles. The summed E-state index contributed by atoms with van der Waals surface area (Å²) >= 11 is 0. The average molecular weight is 419 g/mol. The molecule has 1 aliphatic carbocycles. The van der Waals surface area contributed by atoms with E-state index in [2.05, 4.69) is 17.4 Å². The van der Waals surface area contributed by atoms with Gasteiger partial charge in [0.15, 0.2) is 0 Å². The van der Waals surface area contributed by atoms with Crippen molar-refractivity contribution in [2.24, 2.45) is 11.8 Å². The van der Waals surface area contributed by atoms with E-state index in [4.69, 9.17) is 0 Å². The lowest BCUT2D eigenvalue weighted by Gasteiger charge is -2.35. The second-order valence-corrected chi connectivity index (χ2v) is 8.51. The molecule has 0 saturated heterocycles. The molecule has 0 spiro atoms. The Labute approximate surface area is 183 Å². The summed E-state index contributed by atoms with van der Waals surface area (Å²) in [7, 11) is 0. The average Bonchev–Trinajstić information content (AvgIpc) is 2.83. The molecule has 2 amide bonds. The summed E-state index contributed by atoms with van der Waals surface area (Å²) in [6.07, 6.45) is 6.55. The minimum absolute atomic E-state index is 0.0580. The van der Waals surface area contributed by atoms with Crippen LogP contribution in [-0.4, -0.2) is 41.0 Å². The molecule has 2 aromatic rings. The van der Waals surface area contributed by atoms with E-state index in [-0.39, 0.29) is 30.4 Å². The van der Waals surface area contributed by atoms with Crippen molar-refractivity contribution in [3.8, 4) is 0 Å². The van der Waals surface area contributed by atoms with Gasteiger partial charge in [0.05, 0.1) is 24.5 Å². The van der Waals surface area contributed by atoms with Crippen LogP contribution in [-0.2, 0) is 29.0 Å². The molecule has 0 radical (unpaired) electrons. The number of carbonyl (C=O) groups is 2. The van der Waals surface area contributed by atoms with Gasteiger partial charge in [0.25, 0.3) is 0 Å². The number of nitrogens with zero attached hydrogens (tertiary/aromatic N) is 1. The van der Waals surface area contributed by atoms with Crippen molar-refractivity contribution < 1.29 is 14.7 Å². The summed E-state index contributed by atoms with van der Waals surface area (Å²) in [5.41, 5.74) is 3.55. The van der Waals surface area contributed by atoms with Crippen LogP contribution in [0.15, 0.2) is 66.7 Å². The molecule has 1 heterocycles. The number of carbonyl (C=O) groups excluding carboxylic acids is 2. The minimum Gasteiger partial charge on any atom is -0.394 e. The number of aliphatic hydroxyl groups is 1. The molecule has 31 heavy (non-hydrogen) atoms. The van der Waals surface area contributed by atoms with Crippen LogP contribution in [0.25, 0.3) is 0 Å². The Morgan fingerprint density at radius 2 is 1.65 bits per heavy atom. The Kier molecular flexibility index (Phi) is 6.82. The number of benzene rings is 2. The fourth-order valence-corrected chi connectivity index (χ4v) is 4.66. The summed E-state index contributed by atoms with van der Waals surface area (Å²) in [6.45, 7) is 1.17. The topological polar surface area (TPSA) is 69.6 Å². The molecule has 2 unspecified atom stereocenters. The monoisotopic (exact) mass is 418 g/mol. The molecule has 0 saturated carbocycles. The van der Waals surface area contributed by atoms with Crippen LogP contribution >= 0.6 is 0 Å². The third kappa shape index (κ3) is 5.05. The molecular formula is C26H30N2O3. The highest BCUT2D eigenvalue weighted by molar-refractivity contribution is 5.88. The molecule has 5 heteroatoms. The van der Waals surface area contributed by atoms with Gasteiger partial charge in [-0.3, -0.25) is 9.59 Å². The standard InChI is InChI=1S/C26H30N2O3/c29-18-22(16-19-8-2-1-3-9-19)27-25(30)23-12-6-7-13-24(23)26(31)28-15-14-20-10-4-5-11-21(20)17-28/h1-11,22-24,29H,12-18H2,(H,27,30)/t22-,23?,24?/m0/s1. The minimum atomic E-state index is -0.403. The van der Waals surface area contributed by atoms with Crippen molar-refractivity contribution >= 4 is 11.8 Å². The van der Waals surface area contributed by atoms with Crippen molar-refractivity contribution in [2.45, 2.75) is 38.3 Å². The molecule has 0 bridgehead atoms. The Balaban J connectivity index is 1.42. The van der Waals surface area contributed by atoms with E-state index in [1.807, 2.05) is 59.5 Å². The van der Waals surface area contributed by atoms with Crippen molar-refractivity contribution in [3.63, 3.8) is 0 Å². The molecule has 2 aliphatic rings. The van der Waals surface area contributed by atoms with Crippen LogP contribution < -0.4 is 5.32 Å². The smallest absolute Gasteiger partial charge is 0.227 e. The first-order valence-corrected chi connectivity index (χ1v) is 11.1. The lowest BCUT2D eigenvalue weighted by molar-refractivity contribution is -0.143. The quantitative estimate of drug-likeness (QED) is 0.709. The molecule has 4 rings (SSSR count). The lowest BCUT2D eigenvalue weighted by atomic mass is 9.80. The highest BCUT2D eigenvalue weighted by atomic mass is 16.3. The number of rotatable bonds is 6. The van der Waals surface area contributed by atoms with Gasteiger partial charge in [-0.25, -0.2) is 0 Å². The number of nitrogens with one attached hydrogen (secondary N) is 1. The number of hydrogen-bond acceptors (Lipinski definition) is 3. The molecule has 162 valence electrons. The SMILES string of the molecule is O=C(N[C@H](CO)Cc1ccccc1)C1CC=CCC1C(=O)N1CCc2ccccc2C1. The lowest BCUT2D eigenvalue weighted by Crippen LogP contribution is -2.49. The Morgan fingerprint density at radius 1 is 0.968 bits per heavy atom. The van der Waals surface area contributed by atoms with Crippen LogP contribution in [0, 0.1) is 11.8 Å². The zero-order valence-corrected chi connectivity index (χ0v) is 17.7. The normalized spacial score (nSPS) is 21.3. The Morgan fingerprint density at radius 3 is 2.39 bits per heavy atom. The summed E-state index contributed by atoms with van der Waals surface area (Å²) < 4.78 is 0. The summed E-state index contributed by atoms with van der Waals surface area (Å²) in [5.74, 6) is -0.844. The van der Waals surface area contributed by atoms with Gasteiger partial charge in [0.2, 0.25) is 11.8 Å². The maximum absolute atomic E-state index is 13.4. The van der Waals surface area contributed by atoms with E-state index in [0.29, 0.717) is 32.4 Å². The van der Waals surface area contributed by atoms with Crippen molar-refractivity contribution in [1.29, 1.82) is 0 Å². The highest BCUT2D eigenvalue weighted by Gasteiger charge is 2.37. The van der Waals surface area contributed by atoms with Crippen LogP contribution in [0.4, 0.5) is 0 Å². The maximum Gasteiger partial charge on any atom is 0.227 e. The zero-order valence-electron chi connectivity index (χ0n) is 17.7. The zero-order chi connectivity index (χ0) is 21.6. The predicted molar refractivity (Wildman–Crippen MR) is 120 cm³/mol. The third-order valence-electron chi connectivity index (χ3n) is 6.42. The van der Waals surface area contributed by atoms with Gasteiger partial charge in [-0.1, -0.05) is 66.7 Å². The molecule has 2 aromatic carbocycles. The number of aliphatic hydroxyl groups excluding tert-OH is 1. The number of allylic oxidation sites excluding steroid dienone is 2. The second kappa shape index (κ2) is 9.92. The van der Waals surface area contributed by atoms with E-state index >= 15 is 0 Å². The number of fused-ring (bicyclic) bond motifs is 1. The van der Waals surface area contributed by atoms with Gasteiger partial charge < -0.3 is 15.3 Å². The van der Waals surface area contributed by atoms with Gasteiger partial charge in [-0.15, -0.1) is 0 Å². The first-order valence-electron chi connectivity index (χ1n) is 11.1. The first-order chi connectivity index (χ1) is 15.2. The predicted octanol–water partition coefficient (Wildman–Crippen LogP) is 2.87. The van der Waals surface area contributed by atoms with Gasteiger partial charge in [-0.05, 0) is 42.4 Å². The fraction of sp³-hybridized carbons (Fsp3) is 0.385. The molecule has 0 fully saturated rings. The fourth-order valence-electron chi connectivity index (χ4n) is 4.66. The van der Waals surface area contributed by atoms with E-state index in [9.17, 15) is 14.7 Å². The summed E-state index contributed by atoms with van der Waals surface area (Å²) in [5, 5.41) is 12.8. The van der Waals surface area contributed by atoms with Gasteiger partial charge in [0.1, 0.15) is 0 Å². The Hall–Kier alpha value is -2.92. The van der Waals surface area contributed by atoms with E-state index < -0.39 is 5.92 Å². The molecular weight excluding hydrogens is 388 g/mol. The van der Waals surface area contributed by atoms with Gasteiger partial charge in [0, 0.05) is 13.1 Å². The van der Waals surface area contributed by atoms with Crippen molar-refractivity contribution in [2.75, 3.05) is 13.2 Å². The molecule has 3 atom stereocenters. The van der Waals surface area contributed by atoms with Crippen LogP contribution in [0.2, 0.25) is 0 Å². The highest BCUT2D eigenvalue weighted by Crippen LogP contribution is 2.30. The number of hydrogen-bond donors (Lipinski definition) is 2. The second-order valence-electron chi connectivity index (χ2n) is 8.51. The van der Waals surface area contributed by atoms with E-state index in [1.54, 1.807) is 0 Å². The third-order valence-corrected chi connectivity index (χ3v) is 6.42. The molecule has 1 aliphatic heterocycles. The van der Waals surface area contributed by atoms with Gasteiger partial charge in [-0.2, -0.15) is 0 Å². The Bertz CT molecular complexity index is 941. The van der Waals surface area contributed by atoms with E-state index in [0.717, 1.165) is 12.0 Å². The van der Waals surface area contributed by atoms with Crippen LogP contribution in [0.5, 0.6) is 0 Å². The van der Waals surface area contributed by atoms with Crippen LogP contribution in [0.3, 0.4) is 0 Å². The molecule has 2 N–H and O–H groups in total. The van der Waals surface area contributed by atoms with Crippen LogP contribution in [0.1, 0.15) is 29.5 Å². The largest absolute Gasteiger partial charge is 0.394 e. The summed E-state index contributed by atoms with van der Waals surface area (Å²) in [6, 6.07) is 17.7. The molecule has 5 nitrogen and oxygen atoms in total. The van der Waals surface area contributed by atoms with Crippen molar-refractivity contribution in [1.82, 2.24) is 10.2 Å². The summed E-state index contributed by atoms with van der Waals surface area (Å²) in [4.78, 5) is 28.4. The number of amides is 2. The van der Waals surface area contributed by atoms with Gasteiger partial charge >= 0.3 is 0 Å². The maximum atomic E-state index is 13.4.